The van der Waals surface area contributed by atoms with E-state index in [-0.39, 0.29) is 35.4 Å². The Kier molecular flexibility index (Phi) is 6.09. The highest BCUT2D eigenvalue weighted by Gasteiger charge is 2.20. The van der Waals surface area contributed by atoms with Crippen molar-refractivity contribution in [3.63, 3.8) is 0 Å². The van der Waals surface area contributed by atoms with E-state index in [1.807, 2.05) is 114 Å². The topological polar surface area (TPSA) is 16.4 Å². The molecule has 0 spiro atoms. The first-order valence-corrected chi connectivity index (χ1v) is 17.7. The van der Waals surface area contributed by atoms with E-state index in [1.165, 1.54) is 0 Å². The summed E-state index contributed by atoms with van der Waals surface area (Å²) in [5, 5.41) is 3.87. The van der Waals surface area contributed by atoms with Crippen molar-refractivity contribution >= 4 is 70.5 Å². The van der Waals surface area contributed by atoms with Gasteiger partial charge in [0.15, 0.2) is 0 Å². The van der Waals surface area contributed by atoms with Crippen molar-refractivity contribution in [2.45, 2.75) is 0 Å². The summed E-state index contributed by atoms with van der Waals surface area (Å²) in [5.41, 5.74) is 8.32. The van der Waals surface area contributed by atoms with Crippen molar-refractivity contribution in [3.05, 3.63) is 188 Å². The van der Waals surface area contributed by atoms with Gasteiger partial charge < -0.3 is 9.32 Å². The van der Waals surface area contributed by atoms with Crippen molar-refractivity contribution in [3.8, 4) is 33.4 Å². The van der Waals surface area contributed by atoms with E-state index in [0.29, 0.717) is 22.5 Å². The normalized spacial score (nSPS) is 12.6. The second-order valence-electron chi connectivity index (χ2n) is 12.6. The Bertz CT molecular complexity index is 3050. The summed E-state index contributed by atoms with van der Waals surface area (Å²) in [6.07, 6.45) is 0. The van der Waals surface area contributed by atoms with E-state index >= 15 is 0 Å². The number of fused-ring (bicyclic) bond motifs is 6. The molecule has 2 nitrogen and oxygen atoms in total. The Morgan fingerprint density at radius 1 is 0.431 bits per heavy atom. The van der Waals surface area contributed by atoms with Gasteiger partial charge in [0.05, 0.1) is 16.6 Å². The molecule has 0 bridgehead atoms. The van der Waals surface area contributed by atoms with Gasteiger partial charge in [0, 0.05) is 36.9 Å². The number of hydrogen-bond donors (Lipinski definition) is 0. The summed E-state index contributed by atoms with van der Waals surface area (Å²) >= 11 is 1.61. The standard InChI is InChI=1S/C48H31NOS/c1-2-10-32(11-3-1)33-20-22-34(23-21-33)35-24-28-37(29-25-35)49(43-16-9-18-45-47(43)42-13-4-6-17-44(42)50-45)38-30-26-36(27-31-38)39-14-8-15-41-40-12-5-7-19-46(40)51-48(39)41/h1-31H/i26D,27D,30D,31D. The Morgan fingerprint density at radius 3 is 1.78 bits per heavy atom. The predicted molar refractivity (Wildman–Crippen MR) is 218 cm³/mol. The Labute approximate surface area is 305 Å². The predicted octanol–water partition coefficient (Wildman–Crippen LogP) is 14.4. The van der Waals surface area contributed by atoms with Crippen LogP contribution in [0.5, 0.6) is 0 Å². The Balaban J connectivity index is 1.16. The average molecular weight is 674 g/mol. The van der Waals surface area contributed by atoms with Crippen LogP contribution in [0.15, 0.2) is 192 Å². The summed E-state index contributed by atoms with van der Waals surface area (Å²) in [7, 11) is 0. The molecule has 0 aliphatic heterocycles. The highest BCUT2D eigenvalue weighted by molar-refractivity contribution is 7.26. The van der Waals surface area contributed by atoms with Crippen molar-refractivity contribution in [1.29, 1.82) is 0 Å². The molecule has 0 aliphatic carbocycles. The summed E-state index contributed by atoms with van der Waals surface area (Å²) in [5.74, 6) is 0. The molecule has 0 unspecified atom stereocenters. The monoisotopic (exact) mass is 673 g/mol. The van der Waals surface area contributed by atoms with E-state index in [4.69, 9.17) is 4.42 Å². The number of benzene rings is 8. The quantitative estimate of drug-likeness (QED) is 0.175. The zero-order chi connectivity index (χ0) is 37.2. The van der Waals surface area contributed by atoms with Crippen LogP contribution in [-0.2, 0) is 0 Å². The molecular weight excluding hydrogens is 639 g/mol. The van der Waals surface area contributed by atoms with Crippen molar-refractivity contribution < 1.29 is 9.90 Å². The maximum Gasteiger partial charge on any atom is 0.137 e. The molecule has 2 aromatic heterocycles. The van der Waals surface area contributed by atoms with Crippen LogP contribution < -0.4 is 4.90 Å². The lowest BCUT2D eigenvalue weighted by Crippen LogP contribution is -2.10. The van der Waals surface area contributed by atoms with Crippen LogP contribution in [0.4, 0.5) is 17.1 Å². The van der Waals surface area contributed by atoms with E-state index in [1.54, 1.807) is 11.3 Å². The number of nitrogens with zero attached hydrogens (tertiary/aromatic N) is 1. The zero-order valence-corrected chi connectivity index (χ0v) is 28.2. The molecule has 3 heteroatoms. The van der Waals surface area contributed by atoms with Gasteiger partial charge in [-0.05, 0) is 81.9 Å². The largest absolute Gasteiger partial charge is 0.456 e. The van der Waals surface area contributed by atoms with Crippen LogP contribution in [0.2, 0.25) is 0 Å². The summed E-state index contributed by atoms with van der Waals surface area (Å²) < 4.78 is 46.6. The van der Waals surface area contributed by atoms with E-state index in [2.05, 4.69) is 54.6 Å². The third-order valence-electron chi connectivity index (χ3n) is 9.58. The van der Waals surface area contributed by atoms with Gasteiger partial charge in [-0.1, -0.05) is 139 Å². The van der Waals surface area contributed by atoms with Gasteiger partial charge in [-0.3, -0.25) is 0 Å². The number of rotatable bonds is 6. The molecule has 0 saturated carbocycles. The highest BCUT2D eigenvalue weighted by atomic mass is 32.1. The highest BCUT2D eigenvalue weighted by Crippen LogP contribution is 2.45. The van der Waals surface area contributed by atoms with E-state index in [9.17, 15) is 5.48 Å². The summed E-state index contributed by atoms with van der Waals surface area (Å²) in [6, 6.07) is 54.1. The van der Waals surface area contributed by atoms with Crippen LogP contribution in [0.1, 0.15) is 5.48 Å². The van der Waals surface area contributed by atoms with E-state index in [0.717, 1.165) is 58.8 Å². The molecule has 8 aromatic carbocycles. The van der Waals surface area contributed by atoms with Gasteiger partial charge in [-0.2, -0.15) is 0 Å². The molecule has 2 heterocycles. The Hall–Kier alpha value is -6.42. The van der Waals surface area contributed by atoms with Crippen LogP contribution >= 0.6 is 11.3 Å². The molecule has 0 N–H and O–H groups in total. The number of hydrogen-bond acceptors (Lipinski definition) is 3. The van der Waals surface area contributed by atoms with Gasteiger partial charge in [-0.15, -0.1) is 11.3 Å². The molecule has 10 rings (SSSR count). The third-order valence-corrected chi connectivity index (χ3v) is 10.8. The summed E-state index contributed by atoms with van der Waals surface area (Å²) in [6.45, 7) is 0. The molecule has 0 aliphatic rings. The first-order chi connectivity index (χ1) is 27.0. The zero-order valence-electron chi connectivity index (χ0n) is 31.4. The van der Waals surface area contributed by atoms with Crippen LogP contribution in [0.25, 0.3) is 75.5 Å². The molecular formula is C48H31NOS. The fourth-order valence-electron chi connectivity index (χ4n) is 7.12. The smallest absolute Gasteiger partial charge is 0.137 e. The minimum atomic E-state index is -0.125. The first-order valence-electron chi connectivity index (χ1n) is 18.9. The van der Waals surface area contributed by atoms with E-state index < -0.39 is 0 Å². The minimum Gasteiger partial charge on any atom is -0.456 e. The minimum absolute atomic E-state index is 0.0923. The van der Waals surface area contributed by atoms with Crippen LogP contribution in [0.3, 0.4) is 0 Å². The molecule has 0 amide bonds. The van der Waals surface area contributed by atoms with Gasteiger partial charge in [-0.25, -0.2) is 0 Å². The second-order valence-corrected chi connectivity index (χ2v) is 13.6. The molecule has 240 valence electrons. The van der Waals surface area contributed by atoms with Crippen molar-refractivity contribution in [2.24, 2.45) is 0 Å². The van der Waals surface area contributed by atoms with Crippen LogP contribution in [0, 0.1) is 0 Å². The van der Waals surface area contributed by atoms with Gasteiger partial charge in [0.2, 0.25) is 0 Å². The van der Waals surface area contributed by atoms with Crippen LogP contribution in [-0.4, -0.2) is 0 Å². The molecule has 0 atom stereocenters. The average Bonchev–Trinajstić information content (AvgIpc) is 3.82. The lowest BCUT2D eigenvalue weighted by atomic mass is 9.99. The number of furan rings is 1. The molecule has 10 aromatic rings. The maximum absolute atomic E-state index is 9.62. The fourth-order valence-corrected chi connectivity index (χ4v) is 8.34. The summed E-state index contributed by atoms with van der Waals surface area (Å²) in [4.78, 5) is 1.86. The Morgan fingerprint density at radius 2 is 1.02 bits per heavy atom. The van der Waals surface area contributed by atoms with Gasteiger partial charge >= 0.3 is 0 Å². The van der Waals surface area contributed by atoms with Gasteiger partial charge in [0.1, 0.15) is 11.2 Å². The SMILES string of the molecule is [2H]c1c([2H])c(N(c2ccc(-c3ccc(-c4ccccc4)cc3)cc2)c2cccc3oc4ccccc4c23)c([2H])c([2H])c1-c1cccc2c1sc1ccccc12. The molecule has 0 saturated heterocycles. The maximum atomic E-state index is 9.62. The molecule has 51 heavy (non-hydrogen) atoms. The van der Waals surface area contributed by atoms with Crippen molar-refractivity contribution in [1.82, 2.24) is 0 Å². The lowest BCUT2D eigenvalue weighted by Gasteiger charge is -2.26. The first kappa shape index (κ1) is 25.5. The third kappa shape index (κ3) is 5.10. The number of thiophene rings is 1. The second kappa shape index (κ2) is 12.2. The lowest BCUT2D eigenvalue weighted by molar-refractivity contribution is 0.669. The molecule has 0 radical (unpaired) electrons. The number of para-hydroxylation sites is 1. The molecule has 0 fully saturated rings. The fraction of sp³-hybridized carbons (Fsp3) is 0. The van der Waals surface area contributed by atoms with Crippen molar-refractivity contribution in [2.75, 3.05) is 4.90 Å². The van der Waals surface area contributed by atoms with Gasteiger partial charge in [0.25, 0.3) is 0 Å². The number of anilines is 3.